The monoisotopic (exact) mass is 408 g/mol. The first-order valence-electron chi connectivity index (χ1n) is 8.79. The number of hydrogen-bond donors (Lipinski definition) is 2. The molecule has 0 atom stereocenters. The minimum Gasteiger partial charge on any atom is -0.485 e. The lowest BCUT2D eigenvalue weighted by Crippen LogP contribution is -2.18. The minimum atomic E-state index is -0.270. The molecule has 1 amide bonds. The number of ether oxygens (including phenoxy) is 1. The molecule has 0 bridgehead atoms. The Hall–Kier alpha value is -3.51. The molecule has 8 nitrogen and oxygen atoms in total. The number of carbonyl (C=O) groups excluding carboxylic acids is 1. The van der Waals surface area contributed by atoms with Crippen LogP contribution in [-0.4, -0.2) is 26.5 Å². The first-order valence-corrected chi connectivity index (χ1v) is 9.77. The lowest BCUT2D eigenvalue weighted by molar-refractivity contribution is -0.113. The molecule has 148 valence electrons. The molecule has 0 unspecified atom stereocenters. The summed E-state index contributed by atoms with van der Waals surface area (Å²) in [5.41, 5.74) is 3.05. The Bertz CT molecular complexity index is 1070. The Morgan fingerprint density at radius 3 is 2.83 bits per heavy atom. The molecule has 0 radical (unpaired) electrons. The van der Waals surface area contributed by atoms with Gasteiger partial charge in [0, 0.05) is 0 Å². The van der Waals surface area contributed by atoms with Gasteiger partial charge in [0.05, 0.1) is 17.0 Å². The van der Waals surface area contributed by atoms with E-state index in [1.165, 1.54) is 4.68 Å². The van der Waals surface area contributed by atoms with E-state index < -0.39 is 0 Å². The smallest absolute Gasteiger partial charge is 0.234 e. The van der Waals surface area contributed by atoms with Crippen molar-refractivity contribution in [3.05, 3.63) is 65.0 Å². The SMILES string of the molecule is Cc1ccc(OCc2nnc(SCC(=O)Nc3ccccc3C#N)n2N)c(C)c1. The van der Waals surface area contributed by atoms with Gasteiger partial charge in [-0.05, 0) is 37.6 Å². The number of nitrogen functional groups attached to an aromatic ring is 1. The largest absolute Gasteiger partial charge is 0.485 e. The summed E-state index contributed by atoms with van der Waals surface area (Å²) in [7, 11) is 0. The number of nitrogens with zero attached hydrogens (tertiary/aromatic N) is 4. The molecule has 0 fully saturated rings. The molecule has 9 heteroatoms. The van der Waals surface area contributed by atoms with Gasteiger partial charge in [-0.3, -0.25) is 4.79 Å². The maximum absolute atomic E-state index is 12.2. The van der Waals surface area contributed by atoms with E-state index >= 15 is 0 Å². The van der Waals surface area contributed by atoms with E-state index in [4.69, 9.17) is 15.8 Å². The third kappa shape index (κ3) is 5.06. The molecule has 2 aromatic carbocycles. The van der Waals surface area contributed by atoms with E-state index in [-0.39, 0.29) is 18.3 Å². The third-order valence-electron chi connectivity index (χ3n) is 4.08. The van der Waals surface area contributed by atoms with Crippen LogP contribution in [0.3, 0.4) is 0 Å². The van der Waals surface area contributed by atoms with Crippen LogP contribution in [0.15, 0.2) is 47.6 Å². The topological polar surface area (TPSA) is 119 Å². The number of nitrogens with one attached hydrogen (secondary N) is 1. The Morgan fingerprint density at radius 1 is 1.28 bits per heavy atom. The maximum atomic E-state index is 12.2. The van der Waals surface area contributed by atoms with Crippen molar-refractivity contribution in [1.82, 2.24) is 14.9 Å². The van der Waals surface area contributed by atoms with Gasteiger partial charge in [-0.1, -0.05) is 41.6 Å². The lowest BCUT2D eigenvalue weighted by Gasteiger charge is -2.09. The van der Waals surface area contributed by atoms with E-state index in [1.54, 1.807) is 24.3 Å². The zero-order valence-corrected chi connectivity index (χ0v) is 16.9. The fraction of sp³-hybridized carbons (Fsp3) is 0.200. The van der Waals surface area contributed by atoms with E-state index in [2.05, 4.69) is 15.5 Å². The summed E-state index contributed by atoms with van der Waals surface area (Å²) >= 11 is 1.15. The molecule has 0 aliphatic heterocycles. The predicted molar refractivity (Wildman–Crippen MR) is 111 cm³/mol. The van der Waals surface area contributed by atoms with Crippen LogP contribution in [0.25, 0.3) is 0 Å². The number of rotatable bonds is 7. The molecule has 0 aliphatic carbocycles. The van der Waals surface area contributed by atoms with Crippen molar-refractivity contribution >= 4 is 23.4 Å². The molecule has 29 heavy (non-hydrogen) atoms. The van der Waals surface area contributed by atoms with Gasteiger partial charge >= 0.3 is 0 Å². The molecule has 0 aliphatic rings. The highest BCUT2D eigenvalue weighted by Gasteiger charge is 2.14. The summed E-state index contributed by atoms with van der Waals surface area (Å²) in [6, 6.07) is 14.8. The number of nitrogens with two attached hydrogens (primary N) is 1. The quantitative estimate of drug-likeness (QED) is 0.456. The Kier molecular flexibility index (Phi) is 6.36. The van der Waals surface area contributed by atoms with Crippen molar-refractivity contribution in [2.24, 2.45) is 0 Å². The Labute approximate surface area is 172 Å². The van der Waals surface area contributed by atoms with Gasteiger partial charge < -0.3 is 15.9 Å². The number of hydrogen-bond acceptors (Lipinski definition) is 7. The average Bonchev–Trinajstić information content (AvgIpc) is 3.06. The van der Waals surface area contributed by atoms with Crippen LogP contribution in [0.4, 0.5) is 5.69 Å². The van der Waals surface area contributed by atoms with E-state index in [9.17, 15) is 4.79 Å². The first kappa shape index (κ1) is 20.2. The molecular formula is C20H20N6O2S. The lowest BCUT2D eigenvalue weighted by atomic mass is 10.1. The van der Waals surface area contributed by atoms with Crippen LogP contribution in [0.5, 0.6) is 5.75 Å². The van der Waals surface area contributed by atoms with Crippen molar-refractivity contribution in [1.29, 1.82) is 5.26 Å². The number of benzene rings is 2. The Balaban J connectivity index is 1.56. The molecule has 3 rings (SSSR count). The summed E-state index contributed by atoms with van der Waals surface area (Å²) in [6.07, 6.45) is 0. The highest BCUT2D eigenvalue weighted by atomic mass is 32.2. The normalized spacial score (nSPS) is 10.4. The van der Waals surface area contributed by atoms with Crippen molar-refractivity contribution in [3.63, 3.8) is 0 Å². The van der Waals surface area contributed by atoms with Crippen LogP contribution < -0.4 is 15.9 Å². The summed E-state index contributed by atoms with van der Waals surface area (Å²) in [5.74, 6) is 7.04. The fourth-order valence-electron chi connectivity index (χ4n) is 2.61. The van der Waals surface area contributed by atoms with Crippen molar-refractivity contribution < 1.29 is 9.53 Å². The molecular weight excluding hydrogens is 388 g/mol. The number of carbonyl (C=O) groups is 1. The van der Waals surface area contributed by atoms with Gasteiger partial charge in [-0.15, -0.1) is 10.2 Å². The molecule has 3 N–H and O–H groups in total. The van der Waals surface area contributed by atoms with Crippen LogP contribution in [0.2, 0.25) is 0 Å². The fourth-order valence-corrected chi connectivity index (χ4v) is 3.29. The molecule has 0 saturated heterocycles. The van der Waals surface area contributed by atoms with Gasteiger partial charge in [0.15, 0.2) is 5.82 Å². The van der Waals surface area contributed by atoms with Crippen molar-refractivity contribution in [2.75, 3.05) is 16.9 Å². The number of aryl methyl sites for hydroxylation is 2. The summed E-state index contributed by atoms with van der Waals surface area (Å²) in [4.78, 5) is 12.2. The van der Waals surface area contributed by atoms with E-state index in [0.717, 1.165) is 28.6 Å². The second-order valence-electron chi connectivity index (χ2n) is 6.32. The molecule has 3 aromatic rings. The van der Waals surface area contributed by atoms with Gasteiger partial charge in [0.1, 0.15) is 18.4 Å². The number of amides is 1. The van der Waals surface area contributed by atoms with Crippen LogP contribution in [0.1, 0.15) is 22.5 Å². The van der Waals surface area contributed by atoms with Gasteiger partial charge in [-0.2, -0.15) is 5.26 Å². The molecule has 1 aromatic heterocycles. The van der Waals surface area contributed by atoms with Crippen LogP contribution in [-0.2, 0) is 11.4 Å². The van der Waals surface area contributed by atoms with E-state index in [1.807, 2.05) is 38.1 Å². The maximum Gasteiger partial charge on any atom is 0.234 e. The number of aromatic nitrogens is 3. The second-order valence-corrected chi connectivity index (χ2v) is 7.26. The number of thioether (sulfide) groups is 1. The molecule has 0 saturated carbocycles. The zero-order chi connectivity index (χ0) is 20.8. The van der Waals surface area contributed by atoms with Gasteiger partial charge in [0.2, 0.25) is 11.1 Å². The standard InChI is InChI=1S/C20H20N6O2S/c1-13-7-8-17(14(2)9-13)28-11-18-24-25-20(26(18)22)29-12-19(27)23-16-6-4-3-5-15(16)10-21/h3-9H,11-12,22H2,1-2H3,(H,23,27). The van der Waals surface area contributed by atoms with Crippen LogP contribution in [0, 0.1) is 25.2 Å². The summed E-state index contributed by atoms with van der Waals surface area (Å²) in [6.45, 7) is 4.15. The summed E-state index contributed by atoms with van der Waals surface area (Å²) in [5, 5.41) is 20.2. The second kappa shape index (κ2) is 9.12. The number of anilines is 1. The zero-order valence-electron chi connectivity index (χ0n) is 16.0. The highest BCUT2D eigenvalue weighted by Crippen LogP contribution is 2.21. The highest BCUT2D eigenvalue weighted by molar-refractivity contribution is 7.99. The molecule has 0 spiro atoms. The minimum absolute atomic E-state index is 0.0764. The van der Waals surface area contributed by atoms with Gasteiger partial charge in [-0.25, -0.2) is 4.68 Å². The number of nitriles is 1. The van der Waals surface area contributed by atoms with Gasteiger partial charge in [0.25, 0.3) is 0 Å². The predicted octanol–water partition coefficient (Wildman–Crippen LogP) is 2.79. The number of para-hydroxylation sites is 1. The van der Waals surface area contributed by atoms with E-state index in [0.29, 0.717) is 22.2 Å². The third-order valence-corrected chi connectivity index (χ3v) is 5.02. The Morgan fingerprint density at radius 2 is 2.07 bits per heavy atom. The average molecular weight is 408 g/mol. The molecule has 1 heterocycles. The summed E-state index contributed by atoms with van der Waals surface area (Å²) < 4.78 is 7.09. The van der Waals surface area contributed by atoms with Crippen LogP contribution >= 0.6 is 11.8 Å². The van der Waals surface area contributed by atoms with Crippen molar-refractivity contribution in [2.45, 2.75) is 25.6 Å². The van der Waals surface area contributed by atoms with Crippen molar-refractivity contribution in [3.8, 4) is 11.8 Å². The first-order chi connectivity index (χ1) is 14.0.